The average molecular weight is 837 g/mol. The molecule has 0 aromatic rings. The first-order valence-electron chi connectivity index (χ1n) is 17.7. The van der Waals surface area contributed by atoms with Crippen LogP contribution in [0, 0.1) is 0 Å². The number of amides is 2. The third kappa shape index (κ3) is 10.2. The van der Waals surface area contributed by atoms with Gasteiger partial charge in [0.2, 0.25) is 11.8 Å². The largest absolute Gasteiger partial charge is 0.477 e. The lowest BCUT2D eigenvalue weighted by atomic mass is 9.88. The van der Waals surface area contributed by atoms with Gasteiger partial charge in [0.15, 0.2) is 18.9 Å². The molecular formula is C31H52N2O24. The second-order valence-corrected chi connectivity index (χ2v) is 14.0. The topological polar surface area (TPSA) is 423 Å². The summed E-state index contributed by atoms with van der Waals surface area (Å²) < 4.78 is 38.9. The number of hydrogen-bond donors (Lipinski definition) is 16. The highest BCUT2D eigenvalue weighted by Crippen LogP contribution is 2.39. The number of rotatable bonds is 15. The maximum Gasteiger partial charge on any atom is 0.364 e. The zero-order valence-electron chi connectivity index (χ0n) is 30.4. The number of nitrogens with one attached hydrogen (secondary N) is 2. The van der Waals surface area contributed by atoms with Crippen LogP contribution in [0.25, 0.3) is 0 Å². The molecule has 57 heavy (non-hydrogen) atoms. The van der Waals surface area contributed by atoms with Crippen molar-refractivity contribution in [3.63, 3.8) is 0 Å². The smallest absolute Gasteiger partial charge is 0.364 e. The summed E-state index contributed by atoms with van der Waals surface area (Å²) in [4.78, 5) is 37.2. The van der Waals surface area contributed by atoms with Crippen molar-refractivity contribution in [1.29, 1.82) is 0 Å². The monoisotopic (exact) mass is 836 g/mol. The predicted molar refractivity (Wildman–Crippen MR) is 174 cm³/mol. The average Bonchev–Trinajstić information content (AvgIpc) is 3.16. The van der Waals surface area contributed by atoms with Crippen LogP contribution in [0.5, 0.6) is 0 Å². The number of carboxylic acids is 1. The number of aliphatic carboxylic acids is 1. The van der Waals surface area contributed by atoms with E-state index in [1.807, 2.05) is 0 Å². The van der Waals surface area contributed by atoms with Crippen LogP contribution in [0.1, 0.15) is 20.3 Å². The lowest BCUT2D eigenvalue weighted by Gasteiger charge is -2.51. The molecule has 26 nitrogen and oxygen atoms in total. The van der Waals surface area contributed by atoms with E-state index >= 15 is 0 Å². The lowest BCUT2D eigenvalue weighted by molar-refractivity contribution is -0.385. The summed E-state index contributed by atoms with van der Waals surface area (Å²) in [5.41, 5.74) is 0. The normalized spacial score (nSPS) is 45.1. The van der Waals surface area contributed by atoms with Crippen LogP contribution in [0.2, 0.25) is 0 Å². The Bertz CT molecular complexity index is 1350. The summed E-state index contributed by atoms with van der Waals surface area (Å²) in [6.07, 6.45) is -36.5. The SMILES string of the molecule is CC(=O)N[C@H]1[C@H](O[C@@H]2[C@@H](O)[C@@H](O)O[C@H](CO)[C@@H]2O)O[C@H](CO)[C@H](O)[C@@H]1O[C@@H]1O[C@H](CO)[C@H](O)[C@H](O[C@]2(C(=O)O)C[C@H](O)[C@@H](NC(C)=O)[C@H]([C@H](O)[C@H](O)CO)O2)[C@H]1O. The van der Waals surface area contributed by atoms with E-state index in [2.05, 4.69) is 10.6 Å². The maximum atomic E-state index is 12.8. The molecular weight excluding hydrogens is 784 g/mol. The summed E-state index contributed by atoms with van der Waals surface area (Å²) in [6.45, 7) is -2.00. The van der Waals surface area contributed by atoms with E-state index in [0.717, 1.165) is 13.8 Å². The molecule has 4 fully saturated rings. The molecule has 26 heteroatoms. The fourth-order valence-corrected chi connectivity index (χ4v) is 7.04. The highest BCUT2D eigenvalue weighted by molar-refractivity contribution is 5.76. The van der Waals surface area contributed by atoms with Gasteiger partial charge in [-0.3, -0.25) is 9.59 Å². The van der Waals surface area contributed by atoms with Crippen molar-refractivity contribution in [2.45, 2.75) is 149 Å². The Hall–Kier alpha value is -2.39. The standard InChI is InChI=1S/C31H52N2O24/c1-8(38)32-15-10(40)3-31(30(49)50,56-24(15)17(42)11(41)4-34)57-26-20(45)14(7-37)53-29(22(26)47)54-23-16(33-9(2)39)28(52-13(6-36)18(23)43)55-25-19(44)12(5-35)51-27(48)21(25)46/h10-29,34-37,40-48H,3-7H2,1-2H3,(H,32,38)(H,33,39)(H,49,50)/t10-,11+,12+,13+,14+,15+,16+,17+,18-,19-,20-,21+,22+,23+,24+,25-,26-,27-,28-,29-,31-/m0/s1. The minimum atomic E-state index is -3.13. The molecule has 4 saturated heterocycles. The number of carbonyl (C=O) groups excluding carboxylic acids is 2. The van der Waals surface area contributed by atoms with Gasteiger partial charge in [-0.2, -0.15) is 0 Å². The van der Waals surface area contributed by atoms with E-state index in [9.17, 15) is 85.9 Å². The van der Waals surface area contributed by atoms with Gasteiger partial charge in [-0.15, -0.1) is 0 Å². The Balaban J connectivity index is 1.69. The Morgan fingerprint density at radius 2 is 1.18 bits per heavy atom. The van der Waals surface area contributed by atoms with Gasteiger partial charge in [0.25, 0.3) is 5.79 Å². The third-order valence-electron chi connectivity index (χ3n) is 9.98. The molecule has 0 aromatic carbocycles. The predicted octanol–water partition coefficient (Wildman–Crippen LogP) is -10.3. The lowest BCUT2D eigenvalue weighted by Crippen LogP contribution is -2.71. The van der Waals surface area contributed by atoms with E-state index in [4.69, 9.17) is 33.2 Å². The molecule has 21 atom stereocenters. The van der Waals surface area contributed by atoms with Gasteiger partial charge in [-0.25, -0.2) is 4.79 Å². The third-order valence-corrected chi connectivity index (χ3v) is 9.98. The first kappa shape index (κ1) is 47.3. The van der Waals surface area contributed by atoms with Gasteiger partial charge >= 0.3 is 5.97 Å². The van der Waals surface area contributed by atoms with E-state index in [1.165, 1.54) is 0 Å². The molecule has 0 bridgehead atoms. The minimum absolute atomic E-state index is 0.792. The summed E-state index contributed by atoms with van der Waals surface area (Å²) in [5.74, 6) is -6.80. The molecule has 4 rings (SSSR count). The van der Waals surface area contributed by atoms with Crippen molar-refractivity contribution in [1.82, 2.24) is 10.6 Å². The van der Waals surface area contributed by atoms with E-state index in [0.29, 0.717) is 0 Å². The van der Waals surface area contributed by atoms with Gasteiger partial charge in [-0.1, -0.05) is 0 Å². The summed E-state index contributed by atoms with van der Waals surface area (Å²) in [6, 6.07) is -3.34. The first-order valence-corrected chi connectivity index (χ1v) is 17.7. The second kappa shape index (κ2) is 19.8. The number of ether oxygens (including phenoxy) is 7. The number of hydrogen-bond acceptors (Lipinski definition) is 23. The molecule has 2 amide bonds. The first-order chi connectivity index (χ1) is 26.7. The molecule has 4 heterocycles. The zero-order chi connectivity index (χ0) is 42.7. The highest BCUT2D eigenvalue weighted by atomic mass is 16.8. The number of carbonyl (C=O) groups is 3. The van der Waals surface area contributed by atoms with Crippen LogP contribution < -0.4 is 10.6 Å². The van der Waals surface area contributed by atoms with Gasteiger partial charge in [0, 0.05) is 20.3 Å². The van der Waals surface area contributed by atoms with Crippen molar-refractivity contribution in [2.24, 2.45) is 0 Å². The molecule has 0 spiro atoms. The van der Waals surface area contributed by atoms with E-state index in [-0.39, 0.29) is 0 Å². The van der Waals surface area contributed by atoms with Gasteiger partial charge in [0.05, 0.1) is 38.6 Å². The fraction of sp³-hybridized carbons (Fsp3) is 0.903. The van der Waals surface area contributed by atoms with Gasteiger partial charge in [-0.05, 0) is 0 Å². The number of aliphatic hydroxyl groups is 13. The quantitative estimate of drug-likeness (QED) is 0.0728. The van der Waals surface area contributed by atoms with Crippen molar-refractivity contribution in [2.75, 3.05) is 26.4 Å². The van der Waals surface area contributed by atoms with E-state index in [1.54, 1.807) is 0 Å². The van der Waals surface area contributed by atoms with Crippen LogP contribution in [-0.4, -0.2) is 244 Å². The van der Waals surface area contributed by atoms with Crippen LogP contribution in [0.15, 0.2) is 0 Å². The van der Waals surface area contributed by atoms with E-state index < -0.39 is 179 Å². The van der Waals surface area contributed by atoms with Crippen LogP contribution in [0.4, 0.5) is 0 Å². The zero-order valence-corrected chi connectivity index (χ0v) is 30.4. The molecule has 0 unspecified atom stereocenters. The Morgan fingerprint density at radius 1 is 0.684 bits per heavy atom. The highest BCUT2D eigenvalue weighted by Gasteiger charge is 2.60. The van der Waals surface area contributed by atoms with Crippen LogP contribution >= 0.6 is 0 Å². The Kier molecular flexibility index (Phi) is 16.4. The fourth-order valence-electron chi connectivity index (χ4n) is 7.04. The molecule has 0 saturated carbocycles. The molecule has 0 aliphatic carbocycles. The molecule has 0 aromatic heterocycles. The van der Waals surface area contributed by atoms with Crippen molar-refractivity contribution < 1.29 is 119 Å². The maximum absolute atomic E-state index is 12.8. The van der Waals surface area contributed by atoms with Crippen molar-refractivity contribution in [3.05, 3.63) is 0 Å². The van der Waals surface area contributed by atoms with Crippen molar-refractivity contribution in [3.8, 4) is 0 Å². The minimum Gasteiger partial charge on any atom is -0.477 e. The molecule has 4 aliphatic heterocycles. The molecule has 4 aliphatic rings. The summed E-state index contributed by atoms with van der Waals surface area (Å²) in [5, 5.41) is 151. The van der Waals surface area contributed by atoms with Crippen molar-refractivity contribution >= 4 is 17.8 Å². The Labute approximate surface area is 322 Å². The van der Waals surface area contributed by atoms with Crippen LogP contribution in [-0.2, 0) is 47.5 Å². The van der Waals surface area contributed by atoms with Gasteiger partial charge in [0.1, 0.15) is 91.5 Å². The molecule has 330 valence electrons. The van der Waals surface area contributed by atoms with Gasteiger partial charge < -0.3 is 115 Å². The molecule has 16 N–H and O–H groups in total. The molecule has 0 radical (unpaired) electrons. The second-order valence-electron chi connectivity index (χ2n) is 14.0. The Morgan fingerprint density at radius 3 is 1.70 bits per heavy atom. The number of carboxylic acid groups (broad SMARTS) is 1. The number of aliphatic hydroxyl groups excluding tert-OH is 13. The summed E-state index contributed by atoms with van der Waals surface area (Å²) in [7, 11) is 0. The van der Waals surface area contributed by atoms with Crippen LogP contribution in [0.3, 0.4) is 0 Å². The summed E-state index contributed by atoms with van der Waals surface area (Å²) >= 11 is 0.